The average molecular weight is 197 g/mol. The number of carbonyl (C=O) groups is 1. The number of Topliss-reactive ketones (excluding diaryl/α,β-unsaturated/α-hetero) is 1. The molecule has 1 aromatic carbocycles. The van der Waals surface area contributed by atoms with Crippen LogP contribution in [0.5, 0.6) is 5.75 Å². The molecule has 0 aliphatic carbocycles. The molecule has 1 heterocycles. The summed E-state index contributed by atoms with van der Waals surface area (Å²) in [6.07, 6.45) is 0. The lowest BCUT2D eigenvalue weighted by atomic mass is 10.0. The third kappa shape index (κ3) is 1.13. The van der Waals surface area contributed by atoms with Gasteiger partial charge in [-0.15, -0.1) is 0 Å². The zero-order chi connectivity index (χ0) is 9.59. The van der Waals surface area contributed by atoms with Crippen LogP contribution in [-0.4, -0.2) is 12.4 Å². The van der Waals surface area contributed by atoms with Crippen LogP contribution < -0.4 is 4.74 Å². The first-order valence-corrected chi connectivity index (χ1v) is 4.44. The van der Waals surface area contributed by atoms with Gasteiger partial charge in [0, 0.05) is 5.02 Å². The normalized spacial score (nSPS) is 14.2. The van der Waals surface area contributed by atoms with E-state index in [2.05, 4.69) is 0 Å². The zero-order valence-electron chi connectivity index (χ0n) is 7.48. The van der Waals surface area contributed by atoms with Crippen LogP contribution >= 0.6 is 11.6 Å². The fraction of sp³-hybridized carbons (Fsp3) is 0.300. The number of ketones is 1. The van der Waals surface area contributed by atoms with Gasteiger partial charge in [-0.2, -0.15) is 0 Å². The molecule has 2 nitrogen and oxygen atoms in total. The maximum absolute atomic E-state index is 11.4. The number of carbonyl (C=O) groups excluding carboxylic acids is 1. The Bertz CT molecular complexity index is 396. The molecule has 13 heavy (non-hydrogen) atoms. The molecule has 3 heteroatoms. The van der Waals surface area contributed by atoms with Gasteiger partial charge in [-0.1, -0.05) is 11.6 Å². The standard InChI is InChI=1S/C10H9ClO2/c1-5-3-8-9(6(2)10(5)11)7(12)4-13-8/h3H,4H2,1-2H3. The van der Waals surface area contributed by atoms with Gasteiger partial charge >= 0.3 is 0 Å². The van der Waals surface area contributed by atoms with Crippen LogP contribution in [0.1, 0.15) is 21.5 Å². The molecule has 0 atom stereocenters. The molecule has 0 amide bonds. The summed E-state index contributed by atoms with van der Waals surface area (Å²) in [6.45, 7) is 3.90. The summed E-state index contributed by atoms with van der Waals surface area (Å²) in [6, 6.07) is 1.82. The Labute approximate surface area is 81.5 Å². The minimum atomic E-state index is 0.0226. The molecule has 68 valence electrons. The maximum atomic E-state index is 11.4. The van der Waals surface area contributed by atoms with Crippen LogP contribution in [0.15, 0.2) is 6.07 Å². The van der Waals surface area contributed by atoms with E-state index >= 15 is 0 Å². The van der Waals surface area contributed by atoms with Crippen LogP contribution in [0, 0.1) is 13.8 Å². The molecular formula is C10H9ClO2. The zero-order valence-corrected chi connectivity index (χ0v) is 8.23. The van der Waals surface area contributed by atoms with E-state index in [0.29, 0.717) is 16.3 Å². The summed E-state index contributed by atoms with van der Waals surface area (Å²) in [5.74, 6) is 0.693. The van der Waals surface area contributed by atoms with Crippen molar-refractivity contribution in [3.63, 3.8) is 0 Å². The van der Waals surface area contributed by atoms with Crippen molar-refractivity contribution in [1.82, 2.24) is 0 Å². The van der Waals surface area contributed by atoms with Crippen molar-refractivity contribution in [3.8, 4) is 5.75 Å². The Morgan fingerprint density at radius 2 is 2.15 bits per heavy atom. The molecule has 2 rings (SSSR count). The third-order valence-corrected chi connectivity index (χ3v) is 2.86. The van der Waals surface area contributed by atoms with Gasteiger partial charge < -0.3 is 4.74 Å². The Balaban J connectivity index is 2.75. The van der Waals surface area contributed by atoms with E-state index in [-0.39, 0.29) is 12.4 Å². The van der Waals surface area contributed by atoms with E-state index in [9.17, 15) is 4.79 Å². The van der Waals surface area contributed by atoms with E-state index in [1.165, 1.54) is 0 Å². The molecule has 0 spiro atoms. The number of aryl methyl sites for hydroxylation is 1. The second-order valence-corrected chi connectivity index (χ2v) is 3.60. The van der Waals surface area contributed by atoms with Crippen molar-refractivity contribution >= 4 is 17.4 Å². The third-order valence-electron chi connectivity index (χ3n) is 2.28. The maximum Gasteiger partial charge on any atom is 0.204 e. The minimum absolute atomic E-state index is 0.0226. The summed E-state index contributed by atoms with van der Waals surface area (Å²) in [5.41, 5.74) is 2.43. The fourth-order valence-electron chi connectivity index (χ4n) is 1.60. The molecule has 0 saturated carbocycles. The van der Waals surface area contributed by atoms with Gasteiger partial charge in [-0.25, -0.2) is 0 Å². The summed E-state index contributed by atoms with van der Waals surface area (Å²) in [4.78, 5) is 11.4. The van der Waals surface area contributed by atoms with Gasteiger partial charge in [0.15, 0.2) is 6.61 Å². The van der Waals surface area contributed by atoms with E-state index in [1.54, 1.807) is 0 Å². The first-order valence-electron chi connectivity index (χ1n) is 4.07. The largest absolute Gasteiger partial charge is 0.485 e. The number of hydrogen-bond acceptors (Lipinski definition) is 2. The Hall–Kier alpha value is -1.02. The average Bonchev–Trinajstić information content (AvgIpc) is 2.43. The predicted molar refractivity (Wildman–Crippen MR) is 50.8 cm³/mol. The number of halogens is 1. The van der Waals surface area contributed by atoms with Crippen LogP contribution in [0.2, 0.25) is 5.02 Å². The number of benzene rings is 1. The van der Waals surface area contributed by atoms with Gasteiger partial charge in [0.2, 0.25) is 5.78 Å². The minimum Gasteiger partial charge on any atom is -0.485 e. The number of hydrogen-bond donors (Lipinski definition) is 0. The highest BCUT2D eigenvalue weighted by molar-refractivity contribution is 6.32. The molecule has 0 N–H and O–H groups in total. The van der Waals surface area contributed by atoms with Gasteiger partial charge in [-0.05, 0) is 31.0 Å². The Morgan fingerprint density at radius 3 is 2.85 bits per heavy atom. The molecule has 1 aliphatic rings. The van der Waals surface area contributed by atoms with Crippen molar-refractivity contribution < 1.29 is 9.53 Å². The van der Waals surface area contributed by atoms with Gasteiger partial charge in [0.1, 0.15) is 5.75 Å². The molecule has 0 unspecified atom stereocenters. The van der Waals surface area contributed by atoms with Gasteiger partial charge in [0.05, 0.1) is 5.56 Å². The molecule has 0 fully saturated rings. The summed E-state index contributed by atoms with van der Waals surface area (Å²) < 4.78 is 5.22. The summed E-state index contributed by atoms with van der Waals surface area (Å²) >= 11 is 6.02. The molecule has 0 saturated heterocycles. The van der Waals surface area contributed by atoms with Crippen LogP contribution in [0.4, 0.5) is 0 Å². The second kappa shape index (κ2) is 2.74. The Morgan fingerprint density at radius 1 is 1.46 bits per heavy atom. The van der Waals surface area contributed by atoms with Crippen molar-refractivity contribution in [2.75, 3.05) is 6.61 Å². The lowest BCUT2D eigenvalue weighted by molar-refractivity contribution is 0.0961. The highest BCUT2D eigenvalue weighted by Gasteiger charge is 2.25. The number of fused-ring (bicyclic) bond motifs is 1. The van der Waals surface area contributed by atoms with Crippen molar-refractivity contribution in [3.05, 3.63) is 27.8 Å². The topological polar surface area (TPSA) is 26.3 Å². The van der Waals surface area contributed by atoms with Gasteiger partial charge in [-0.3, -0.25) is 4.79 Å². The smallest absolute Gasteiger partial charge is 0.204 e. The summed E-state index contributed by atoms with van der Waals surface area (Å²) in [5, 5.41) is 0.664. The van der Waals surface area contributed by atoms with Gasteiger partial charge in [0.25, 0.3) is 0 Å². The monoisotopic (exact) mass is 196 g/mol. The van der Waals surface area contributed by atoms with E-state index in [4.69, 9.17) is 16.3 Å². The van der Waals surface area contributed by atoms with Crippen LogP contribution in [-0.2, 0) is 0 Å². The van der Waals surface area contributed by atoms with Crippen molar-refractivity contribution in [2.24, 2.45) is 0 Å². The Kier molecular flexibility index (Phi) is 1.81. The van der Waals surface area contributed by atoms with E-state index < -0.39 is 0 Å². The molecule has 1 aliphatic heterocycles. The van der Waals surface area contributed by atoms with Crippen LogP contribution in [0.25, 0.3) is 0 Å². The number of ether oxygens (including phenoxy) is 1. The van der Waals surface area contributed by atoms with E-state index in [0.717, 1.165) is 11.1 Å². The summed E-state index contributed by atoms with van der Waals surface area (Å²) in [7, 11) is 0. The molecule has 0 aromatic heterocycles. The van der Waals surface area contributed by atoms with Crippen LogP contribution in [0.3, 0.4) is 0 Å². The predicted octanol–water partition coefficient (Wildman–Crippen LogP) is 2.53. The molecule has 0 bridgehead atoms. The second-order valence-electron chi connectivity index (χ2n) is 3.22. The highest BCUT2D eigenvalue weighted by atomic mass is 35.5. The fourth-order valence-corrected chi connectivity index (χ4v) is 1.75. The SMILES string of the molecule is Cc1cc2c(c(C)c1Cl)C(=O)CO2. The lowest BCUT2D eigenvalue weighted by Gasteiger charge is -2.06. The number of rotatable bonds is 0. The molecule has 1 aromatic rings. The first kappa shape index (κ1) is 8.57. The van der Waals surface area contributed by atoms with E-state index in [1.807, 2.05) is 19.9 Å². The first-order chi connectivity index (χ1) is 6.11. The highest BCUT2D eigenvalue weighted by Crippen LogP contribution is 2.34. The van der Waals surface area contributed by atoms with Crippen molar-refractivity contribution in [2.45, 2.75) is 13.8 Å². The molecular weight excluding hydrogens is 188 g/mol. The quantitative estimate of drug-likeness (QED) is 0.638. The lowest BCUT2D eigenvalue weighted by Crippen LogP contribution is -2.00. The molecule has 0 radical (unpaired) electrons. The van der Waals surface area contributed by atoms with Crippen molar-refractivity contribution in [1.29, 1.82) is 0 Å².